The maximum Gasteiger partial charge on any atom is 0.152 e. The van der Waals surface area contributed by atoms with E-state index in [0.29, 0.717) is 0 Å². The zero-order valence-electron chi connectivity index (χ0n) is 9.19. The first kappa shape index (κ1) is 12.1. The van der Waals surface area contributed by atoms with Gasteiger partial charge in [0.1, 0.15) is 0 Å². The minimum Gasteiger partial charge on any atom is -0.295 e. The molecular formula is C13H16OS. The molecule has 0 saturated carbocycles. The lowest BCUT2D eigenvalue weighted by atomic mass is 10.2. The lowest BCUT2D eigenvalue weighted by Gasteiger charge is -2.02. The van der Waals surface area contributed by atoms with Crippen LogP contribution in [-0.2, 0) is 4.79 Å². The zero-order chi connectivity index (χ0) is 11.1. The second kappa shape index (κ2) is 6.46. The molecule has 0 atom stereocenters. The van der Waals surface area contributed by atoms with Crippen molar-refractivity contribution in [3.8, 4) is 0 Å². The fourth-order valence-corrected chi connectivity index (χ4v) is 2.15. The molecule has 0 N–H and O–H groups in total. The number of aryl methyl sites for hydroxylation is 1. The van der Waals surface area contributed by atoms with E-state index in [4.69, 9.17) is 0 Å². The molecule has 0 bridgehead atoms. The van der Waals surface area contributed by atoms with Crippen molar-refractivity contribution in [1.82, 2.24) is 0 Å². The molecule has 0 unspecified atom stereocenters. The van der Waals surface area contributed by atoms with Crippen LogP contribution in [0, 0.1) is 6.92 Å². The predicted octanol–water partition coefficient (Wildman–Crippen LogP) is 3.62. The molecular weight excluding hydrogens is 204 g/mol. The molecule has 0 aromatic heterocycles. The van der Waals surface area contributed by atoms with Crippen LogP contribution in [-0.4, -0.2) is 11.5 Å². The summed E-state index contributed by atoms with van der Waals surface area (Å²) in [6.07, 6.45) is 4.52. The maximum atomic E-state index is 10.6. The van der Waals surface area contributed by atoms with Gasteiger partial charge >= 0.3 is 0 Å². The van der Waals surface area contributed by atoms with E-state index in [2.05, 4.69) is 31.2 Å². The van der Waals surface area contributed by atoms with Gasteiger partial charge in [-0.3, -0.25) is 4.79 Å². The SMILES string of the molecule is CC(=O)/C=C/CCSc1ccccc1C. The zero-order valence-corrected chi connectivity index (χ0v) is 10.0. The van der Waals surface area contributed by atoms with Gasteiger partial charge in [0.05, 0.1) is 0 Å². The first-order valence-electron chi connectivity index (χ1n) is 5.05. The van der Waals surface area contributed by atoms with Gasteiger partial charge in [0.2, 0.25) is 0 Å². The van der Waals surface area contributed by atoms with Gasteiger partial charge in [-0.15, -0.1) is 11.8 Å². The van der Waals surface area contributed by atoms with Crippen LogP contribution in [0.3, 0.4) is 0 Å². The highest BCUT2D eigenvalue weighted by molar-refractivity contribution is 7.99. The number of ketones is 1. The van der Waals surface area contributed by atoms with Crippen LogP contribution in [0.1, 0.15) is 18.9 Å². The molecule has 0 saturated heterocycles. The van der Waals surface area contributed by atoms with Gasteiger partial charge in [-0.05, 0) is 38.0 Å². The molecule has 1 nitrogen and oxygen atoms in total. The Kier molecular flexibility index (Phi) is 5.19. The third-order valence-electron chi connectivity index (χ3n) is 1.99. The summed E-state index contributed by atoms with van der Waals surface area (Å²) in [5.74, 6) is 1.14. The van der Waals surface area contributed by atoms with Gasteiger partial charge in [-0.1, -0.05) is 24.3 Å². The van der Waals surface area contributed by atoms with Crippen molar-refractivity contribution in [3.63, 3.8) is 0 Å². The number of hydrogen-bond donors (Lipinski definition) is 0. The van der Waals surface area contributed by atoms with Crippen molar-refractivity contribution < 1.29 is 4.79 Å². The second-order valence-electron chi connectivity index (χ2n) is 3.42. The number of rotatable bonds is 5. The molecule has 0 spiro atoms. The number of benzene rings is 1. The van der Waals surface area contributed by atoms with Gasteiger partial charge < -0.3 is 0 Å². The molecule has 0 aliphatic rings. The molecule has 1 aromatic carbocycles. The number of thioether (sulfide) groups is 1. The first-order chi connectivity index (χ1) is 7.20. The summed E-state index contributed by atoms with van der Waals surface area (Å²) in [7, 11) is 0. The summed E-state index contributed by atoms with van der Waals surface area (Å²) in [4.78, 5) is 12.0. The second-order valence-corrected chi connectivity index (χ2v) is 4.55. The first-order valence-corrected chi connectivity index (χ1v) is 6.04. The Morgan fingerprint density at radius 2 is 2.13 bits per heavy atom. The molecule has 15 heavy (non-hydrogen) atoms. The van der Waals surface area contributed by atoms with Crippen LogP contribution >= 0.6 is 11.8 Å². The highest BCUT2D eigenvalue weighted by atomic mass is 32.2. The maximum absolute atomic E-state index is 10.6. The topological polar surface area (TPSA) is 17.1 Å². The summed E-state index contributed by atoms with van der Waals surface area (Å²) in [6.45, 7) is 3.69. The van der Waals surface area contributed by atoms with Gasteiger partial charge in [0.15, 0.2) is 5.78 Å². The minimum atomic E-state index is 0.121. The fraction of sp³-hybridized carbons (Fsp3) is 0.308. The van der Waals surface area contributed by atoms with Crippen molar-refractivity contribution >= 4 is 17.5 Å². The van der Waals surface area contributed by atoms with Gasteiger partial charge in [-0.2, -0.15) is 0 Å². The number of carbonyl (C=O) groups is 1. The van der Waals surface area contributed by atoms with Crippen molar-refractivity contribution in [3.05, 3.63) is 42.0 Å². The Bertz CT molecular complexity index is 355. The summed E-state index contributed by atoms with van der Waals surface area (Å²) in [5.41, 5.74) is 1.32. The molecule has 0 aliphatic heterocycles. The number of carbonyl (C=O) groups excluding carboxylic acids is 1. The highest BCUT2D eigenvalue weighted by Crippen LogP contribution is 2.22. The molecule has 80 valence electrons. The third kappa shape index (κ3) is 4.84. The molecule has 1 aromatic rings. The molecule has 0 fully saturated rings. The monoisotopic (exact) mass is 220 g/mol. The molecule has 0 radical (unpaired) electrons. The highest BCUT2D eigenvalue weighted by Gasteiger charge is 1.95. The Balaban J connectivity index is 2.32. The normalized spacial score (nSPS) is 10.8. The molecule has 2 heteroatoms. The van der Waals surface area contributed by atoms with E-state index < -0.39 is 0 Å². The predicted molar refractivity (Wildman–Crippen MR) is 66.3 cm³/mol. The summed E-state index contributed by atoms with van der Waals surface area (Å²) >= 11 is 1.84. The molecule has 0 heterocycles. The fourth-order valence-electron chi connectivity index (χ4n) is 1.20. The van der Waals surface area contributed by atoms with Gasteiger partial charge in [0, 0.05) is 10.6 Å². The summed E-state index contributed by atoms with van der Waals surface area (Å²) < 4.78 is 0. The Morgan fingerprint density at radius 1 is 1.40 bits per heavy atom. The largest absolute Gasteiger partial charge is 0.295 e. The average Bonchev–Trinajstić information content (AvgIpc) is 2.20. The molecule has 1 rings (SSSR count). The van der Waals surface area contributed by atoms with Crippen LogP contribution in [0.2, 0.25) is 0 Å². The summed E-state index contributed by atoms with van der Waals surface area (Å²) in [6, 6.07) is 8.36. The van der Waals surface area contributed by atoms with E-state index in [9.17, 15) is 4.79 Å². The van der Waals surface area contributed by atoms with E-state index >= 15 is 0 Å². The van der Waals surface area contributed by atoms with Crippen molar-refractivity contribution in [1.29, 1.82) is 0 Å². The Morgan fingerprint density at radius 3 is 2.80 bits per heavy atom. The van der Waals surface area contributed by atoms with Crippen molar-refractivity contribution in [2.75, 3.05) is 5.75 Å². The van der Waals surface area contributed by atoms with E-state index in [-0.39, 0.29) is 5.78 Å². The van der Waals surface area contributed by atoms with Crippen LogP contribution in [0.4, 0.5) is 0 Å². The van der Waals surface area contributed by atoms with E-state index in [1.807, 2.05) is 17.8 Å². The standard InChI is InChI=1S/C13H16OS/c1-11-7-3-4-9-13(11)15-10-6-5-8-12(2)14/h3-5,7-9H,6,10H2,1-2H3/b8-5+. The van der Waals surface area contributed by atoms with Crippen molar-refractivity contribution in [2.45, 2.75) is 25.2 Å². The van der Waals surface area contributed by atoms with Gasteiger partial charge in [-0.25, -0.2) is 0 Å². The third-order valence-corrected chi connectivity index (χ3v) is 3.20. The molecule has 0 aliphatic carbocycles. The minimum absolute atomic E-state index is 0.121. The van der Waals surface area contributed by atoms with E-state index in [0.717, 1.165) is 12.2 Å². The Labute approximate surface area is 95.6 Å². The summed E-state index contributed by atoms with van der Waals surface area (Å²) in [5, 5.41) is 0. The van der Waals surface area contributed by atoms with Crippen molar-refractivity contribution in [2.24, 2.45) is 0 Å². The lowest BCUT2D eigenvalue weighted by Crippen LogP contribution is -1.83. The quantitative estimate of drug-likeness (QED) is 0.428. The van der Waals surface area contributed by atoms with E-state index in [1.54, 1.807) is 13.0 Å². The van der Waals surface area contributed by atoms with E-state index in [1.165, 1.54) is 10.5 Å². The Hall–Kier alpha value is -1.02. The van der Waals surface area contributed by atoms with Crippen LogP contribution in [0.5, 0.6) is 0 Å². The number of hydrogen-bond acceptors (Lipinski definition) is 2. The number of allylic oxidation sites excluding steroid dienone is 2. The van der Waals surface area contributed by atoms with Crippen LogP contribution in [0.15, 0.2) is 41.3 Å². The van der Waals surface area contributed by atoms with Crippen LogP contribution in [0.25, 0.3) is 0 Å². The van der Waals surface area contributed by atoms with Crippen LogP contribution < -0.4 is 0 Å². The van der Waals surface area contributed by atoms with Gasteiger partial charge in [0.25, 0.3) is 0 Å². The smallest absolute Gasteiger partial charge is 0.152 e. The molecule has 0 amide bonds. The average molecular weight is 220 g/mol. The lowest BCUT2D eigenvalue weighted by molar-refractivity contribution is -0.112.